The maximum Gasteiger partial charge on any atom is 0.119 e. The van der Waals surface area contributed by atoms with Crippen molar-refractivity contribution >= 4 is 23.4 Å². The monoisotopic (exact) mass is 360 g/mol. The molecule has 3 aromatic rings. The largest absolute Gasteiger partial charge is 0.489 e. The van der Waals surface area contributed by atoms with Crippen LogP contribution in [-0.2, 0) is 6.61 Å². The van der Waals surface area contributed by atoms with E-state index in [-0.39, 0.29) is 0 Å². The molecule has 128 valence electrons. The highest BCUT2D eigenvalue weighted by atomic mass is 35.5. The predicted octanol–water partition coefficient (Wildman–Crippen LogP) is 5.90. The van der Waals surface area contributed by atoms with Crippen LogP contribution in [0.2, 0.25) is 5.02 Å². The Morgan fingerprint density at radius 1 is 0.962 bits per heavy atom. The number of allylic oxidation sites excluding steroid dienone is 1. The molecule has 0 amide bonds. The minimum absolute atomic E-state index is 0.449. The van der Waals surface area contributed by atoms with Crippen molar-refractivity contribution < 1.29 is 4.74 Å². The van der Waals surface area contributed by atoms with Crippen LogP contribution in [0.15, 0.2) is 84.6 Å². The van der Waals surface area contributed by atoms with Crippen molar-refractivity contribution in [1.29, 1.82) is 5.26 Å². The average molecular weight is 361 g/mol. The molecule has 0 saturated carbocycles. The number of hydrogen-bond acceptors (Lipinski definition) is 3. The summed E-state index contributed by atoms with van der Waals surface area (Å²) in [4.78, 5) is 0. The first-order chi connectivity index (χ1) is 12.7. The Kier molecular flexibility index (Phi) is 5.92. The number of nitrogens with one attached hydrogen (secondary N) is 1. The van der Waals surface area contributed by atoms with Crippen LogP contribution < -0.4 is 10.1 Å². The molecule has 4 heteroatoms. The van der Waals surface area contributed by atoms with Gasteiger partial charge in [0.25, 0.3) is 0 Å². The second-order valence-electron chi connectivity index (χ2n) is 5.65. The Bertz CT molecular complexity index is 911. The van der Waals surface area contributed by atoms with Gasteiger partial charge in [-0.15, -0.1) is 0 Å². The average Bonchev–Trinajstić information content (AvgIpc) is 2.69. The fraction of sp³-hybridized carbons (Fsp3) is 0.0455. The summed E-state index contributed by atoms with van der Waals surface area (Å²) < 4.78 is 5.77. The first-order valence-electron chi connectivity index (χ1n) is 8.14. The van der Waals surface area contributed by atoms with Gasteiger partial charge in [0.15, 0.2) is 0 Å². The Labute approximate surface area is 158 Å². The van der Waals surface area contributed by atoms with Crippen molar-refractivity contribution in [1.82, 2.24) is 0 Å². The van der Waals surface area contributed by atoms with Crippen molar-refractivity contribution in [2.45, 2.75) is 6.61 Å². The first-order valence-corrected chi connectivity index (χ1v) is 8.52. The minimum Gasteiger partial charge on any atom is -0.489 e. The van der Waals surface area contributed by atoms with Crippen molar-refractivity contribution in [3.05, 3.63) is 101 Å². The summed E-state index contributed by atoms with van der Waals surface area (Å²) in [5, 5.41) is 13.1. The lowest BCUT2D eigenvalue weighted by Crippen LogP contribution is -1.97. The number of ether oxygens (including phenoxy) is 1. The molecule has 0 saturated heterocycles. The van der Waals surface area contributed by atoms with E-state index in [2.05, 4.69) is 11.4 Å². The number of nitriles is 1. The van der Waals surface area contributed by atoms with Gasteiger partial charge in [0, 0.05) is 10.7 Å². The fourth-order valence-electron chi connectivity index (χ4n) is 2.35. The molecule has 3 nitrogen and oxygen atoms in total. The lowest BCUT2D eigenvalue weighted by Gasteiger charge is -2.07. The van der Waals surface area contributed by atoms with E-state index in [0.29, 0.717) is 17.3 Å². The number of nitrogens with zero attached hydrogens (tertiary/aromatic N) is 1. The number of halogens is 1. The fourth-order valence-corrected chi connectivity index (χ4v) is 2.48. The molecule has 1 N–H and O–H groups in total. The zero-order chi connectivity index (χ0) is 18.2. The molecule has 0 spiro atoms. The summed E-state index contributed by atoms with van der Waals surface area (Å²) in [6.45, 7) is 0.525. The van der Waals surface area contributed by atoms with Gasteiger partial charge >= 0.3 is 0 Å². The van der Waals surface area contributed by atoms with Gasteiger partial charge in [-0.3, -0.25) is 0 Å². The summed E-state index contributed by atoms with van der Waals surface area (Å²) in [5.74, 6) is 0.787. The standard InChI is InChI=1S/C22H17ClN2O/c23-19-8-10-20(11-9-19)25-21(15-24)14-17-6-12-22(13-7-17)26-16-18-4-2-1-3-5-18/h1-14,25H,16H2. The Hall–Kier alpha value is -3.22. The molecule has 3 rings (SSSR count). The Balaban J connectivity index is 1.64. The first kappa shape index (κ1) is 17.6. The molecule has 0 aliphatic carbocycles. The predicted molar refractivity (Wildman–Crippen MR) is 106 cm³/mol. The molecule has 26 heavy (non-hydrogen) atoms. The second-order valence-corrected chi connectivity index (χ2v) is 6.08. The molecule has 0 radical (unpaired) electrons. The molecule has 0 aromatic heterocycles. The van der Waals surface area contributed by atoms with Gasteiger partial charge in [-0.25, -0.2) is 0 Å². The molecule has 0 aliphatic heterocycles. The van der Waals surface area contributed by atoms with Crippen LogP contribution in [0.4, 0.5) is 5.69 Å². The number of hydrogen-bond donors (Lipinski definition) is 1. The van der Waals surface area contributed by atoms with Gasteiger partial charge in [-0.2, -0.15) is 5.26 Å². The van der Waals surface area contributed by atoms with E-state index in [1.165, 1.54) is 0 Å². The highest BCUT2D eigenvalue weighted by Gasteiger charge is 2.00. The van der Waals surface area contributed by atoms with Gasteiger partial charge in [0.1, 0.15) is 24.1 Å². The summed E-state index contributed by atoms with van der Waals surface area (Å²) in [5.41, 5.74) is 3.29. The third-order valence-corrected chi connectivity index (χ3v) is 3.94. The number of anilines is 1. The molecule has 3 aromatic carbocycles. The van der Waals surface area contributed by atoms with Gasteiger partial charge in [0.2, 0.25) is 0 Å². The zero-order valence-corrected chi connectivity index (χ0v) is 14.8. The summed E-state index contributed by atoms with van der Waals surface area (Å²) >= 11 is 5.87. The molecular weight excluding hydrogens is 344 g/mol. The lowest BCUT2D eigenvalue weighted by atomic mass is 10.2. The molecule has 0 aliphatic rings. The van der Waals surface area contributed by atoms with E-state index >= 15 is 0 Å². The zero-order valence-electron chi connectivity index (χ0n) is 14.0. The number of rotatable bonds is 6. The van der Waals surface area contributed by atoms with Crippen LogP contribution in [0.25, 0.3) is 6.08 Å². The van der Waals surface area contributed by atoms with Crippen molar-refractivity contribution in [3.8, 4) is 11.8 Å². The van der Waals surface area contributed by atoms with E-state index in [0.717, 1.165) is 22.6 Å². The van der Waals surface area contributed by atoms with E-state index in [9.17, 15) is 5.26 Å². The maximum atomic E-state index is 9.34. The van der Waals surface area contributed by atoms with E-state index in [4.69, 9.17) is 16.3 Å². The molecule has 0 unspecified atom stereocenters. The highest BCUT2D eigenvalue weighted by molar-refractivity contribution is 6.30. The van der Waals surface area contributed by atoms with Crippen LogP contribution in [-0.4, -0.2) is 0 Å². The summed E-state index contributed by atoms with van der Waals surface area (Å²) in [6, 6.07) is 27.0. The Morgan fingerprint density at radius 2 is 1.65 bits per heavy atom. The van der Waals surface area contributed by atoms with Crippen LogP contribution in [0.1, 0.15) is 11.1 Å². The van der Waals surface area contributed by atoms with Crippen molar-refractivity contribution in [2.75, 3.05) is 5.32 Å². The van der Waals surface area contributed by atoms with Crippen molar-refractivity contribution in [3.63, 3.8) is 0 Å². The van der Waals surface area contributed by atoms with E-state index in [1.807, 2.05) is 66.7 Å². The molecule has 0 fully saturated rings. The van der Waals surface area contributed by atoms with Crippen LogP contribution in [0.3, 0.4) is 0 Å². The highest BCUT2D eigenvalue weighted by Crippen LogP contribution is 2.18. The molecule has 0 bridgehead atoms. The lowest BCUT2D eigenvalue weighted by molar-refractivity contribution is 0.306. The Morgan fingerprint density at radius 3 is 2.31 bits per heavy atom. The normalized spacial score (nSPS) is 10.8. The van der Waals surface area contributed by atoms with Gasteiger partial charge in [-0.1, -0.05) is 54.1 Å². The van der Waals surface area contributed by atoms with Crippen LogP contribution in [0.5, 0.6) is 5.75 Å². The van der Waals surface area contributed by atoms with E-state index < -0.39 is 0 Å². The molecular formula is C22H17ClN2O. The quantitative estimate of drug-likeness (QED) is 0.557. The SMILES string of the molecule is N#CC(=Cc1ccc(OCc2ccccc2)cc1)Nc1ccc(Cl)cc1. The summed E-state index contributed by atoms with van der Waals surface area (Å²) in [7, 11) is 0. The van der Waals surface area contributed by atoms with Gasteiger partial charge < -0.3 is 10.1 Å². The van der Waals surface area contributed by atoms with Crippen molar-refractivity contribution in [2.24, 2.45) is 0 Å². The third-order valence-electron chi connectivity index (χ3n) is 3.68. The minimum atomic E-state index is 0.449. The van der Waals surface area contributed by atoms with Crippen LogP contribution in [0, 0.1) is 11.3 Å². The maximum absolute atomic E-state index is 9.34. The molecule has 0 heterocycles. The van der Waals surface area contributed by atoms with E-state index in [1.54, 1.807) is 18.2 Å². The third kappa shape index (κ3) is 5.14. The topological polar surface area (TPSA) is 45.0 Å². The van der Waals surface area contributed by atoms with Gasteiger partial charge in [-0.05, 0) is 53.6 Å². The molecule has 0 atom stereocenters. The number of benzene rings is 3. The smallest absolute Gasteiger partial charge is 0.119 e. The van der Waals surface area contributed by atoms with Gasteiger partial charge in [0.05, 0.1) is 0 Å². The summed E-state index contributed by atoms with van der Waals surface area (Å²) in [6.07, 6.45) is 1.79. The van der Waals surface area contributed by atoms with Crippen LogP contribution >= 0.6 is 11.6 Å². The second kappa shape index (κ2) is 8.75.